The molecule has 172 valence electrons. The standard InChI is InChI=1S/C26H30N4O2S/c1-16(2)30(17(3)4)26(33)32-20-12-9-18(10-13-20)25(31)27-19-11-14-23-24(15-19)29-22-8-6-5-7-21(22)28-23/h9-17H,5-8H2,1-4H3,(H,27,31). The van der Waals surface area contributed by atoms with Crippen molar-refractivity contribution < 1.29 is 9.53 Å². The van der Waals surface area contributed by atoms with Gasteiger partial charge in [-0.05, 0) is 108 Å². The summed E-state index contributed by atoms with van der Waals surface area (Å²) in [6.45, 7) is 8.32. The van der Waals surface area contributed by atoms with Crippen LogP contribution in [0.2, 0.25) is 0 Å². The number of hydrogen-bond donors (Lipinski definition) is 1. The molecule has 6 nitrogen and oxygen atoms in total. The molecule has 0 aliphatic heterocycles. The molecule has 0 radical (unpaired) electrons. The van der Waals surface area contributed by atoms with Crippen LogP contribution < -0.4 is 10.1 Å². The fraction of sp³-hybridized carbons (Fsp3) is 0.385. The number of rotatable bonds is 5. The van der Waals surface area contributed by atoms with Crippen LogP contribution in [0.15, 0.2) is 42.5 Å². The SMILES string of the molecule is CC(C)N(C(=S)Oc1ccc(C(=O)Nc2ccc3nc4c(nc3c2)CCCC4)cc1)C(C)C. The van der Waals surface area contributed by atoms with E-state index >= 15 is 0 Å². The molecule has 2 aromatic carbocycles. The molecule has 1 amide bonds. The number of carbonyl (C=O) groups is 1. The summed E-state index contributed by atoms with van der Waals surface area (Å²) in [5.41, 5.74) is 5.10. The van der Waals surface area contributed by atoms with Gasteiger partial charge in [0.2, 0.25) is 0 Å². The van der Waals surface area contributed by atoms with Gasteiger partial charge in [-0.25, -0.2) is 9.97 Å². The predicted molar refractivity (Wildman–Crippen MR) is 136 cm³/mol. The van der Waals surface area contributed by atoms with Gasteiger partial charge in [0.1, 0.15) is 5.75 Å². The Balaban J connectivity index is 1.44. The molecule has 0 saturated carbocycles. The fourth-order valence-electron chi connectivity index (χ4n) is 4.24. The average Bonchev–Trinajstić information content (AvgIpc) is 2.77. The number of aromatic nitrogens is 2. The second-order valence-corrected chi connectivity index (χ2v) is 9.32. The van der Waals surface area contributed by atoms with E-state index in [1.807, 2.05) is 23.1 Å². The van der Waals surface area contributed by atoms with Crippen molar-refractivity contribution in [3.05, 3.63) is 59.4 Å². The highest BCUT2D eigenvalue weighted by Crippen LogP contribution is 2.23. The number of anilines is 1. The highest BCUT2D eigenvalue weighted by atomic mass is 32.1. The number of ether oxygens (including phenoxy) is 1. The van der Waals surface area contributed by atoms with Crippen molar-refractivity contribution in [3.63, 3.8) is 0 Å². The first-order valence-corrected chi connectivity index (χ1v) is 11.9. The number of aryl methyl sites for hydroxylation is 2. The van der Waals surface area contributed by atoms with E-state index in [1.54, 1.807) is 24.3 Å². The van der Waals surface area contributed by atoms with Gasteiger partial charge >= 0.3 is 0 Å². The van der Waals surface area contributed by atoms with Crippen LogP contribution in [0.5, 0.6) is 5.75 Å². The molecule has 1 N–H and O–H groups in total. The topological polar surface area (TPSA) is 67.3 Å². The van der Waals surface area contributed by atoms with E-state index in [4.69, 9.17) is 26.9 Å². The van der Waals surface area contributed by atoms with Crippen LogP contribution in [0.4, 0.5) is 5.69 Å². The molecule has 0 unspecified atom stereocenters. The molecule has 1 aliphatic rings. The Hall–Kier alpha value is -3.06. The number of carbonyl (C=O) groups excluding carboxylic acids is 1. The quantitative estimate of drug-likeness (QED) is 0.502. The molecule has 0 atom stereocenters. The zero-order valence-corrected chi connectivity index (χ0v) is 20.4. The third-order valence-corrected chi connectivity index (χ3v) is 6.09. The summed E-state index contributed by atoms with van der Waals surface area (Å²) in [6, 6.07) is 13.1. The zero-order valence-electron chi connectivity index (χ0n) is 19.6. The summed E-state index contributed by atoms with van der Waals surface area (Å²) < 4.78 is 5.86. The van der Waals surface area contributed by atoms with Crippen molar-refractivity contribution in [2.45, 2.75) is 65.5 Å². The molecule has 0 saturated heterocycles. The molecule has 1 aliphatic carbocycles. The summed E-state index contributed by atoms with van der Waals surface area (Å²) >= 11 is 5.47. The molecular weight excluding hydrogens is 432 g/mol. The molecule has 0 spiro atoms. The smallest absolute Gasteiger partial charge is 0.265 e. The van der Waals surface area contributed by atoms with Crippen molar-refractivity contribution in [3.8, 4) is 5.75 Å². The summed E-state index contributed by atoms with van der Waals surface area (Å²) in [7, 11) is 0. The van der Waals surface area contributed by atoms with Crippen molar-refractivity contribution in [2.24, 2.45) is 0 Å². The lowest BCUT2D eigenvalue weighted by atomic mass is 10.0. The minimum absolute atomic E-state index is 0.194. The Morgan fingerprint density at radius 1 is 0.939 bits per heavy atom. The predicted octanol–water partition coefficient (Wildman–Crippen LogP) is 5.54. The molecule has 4 rings (SSSR count). The fourth-order valence-corrected chi connectivity index (χ4v) is 4.76. The minimum Gasteiger partial charge on any atom is -0.432 e. The Kier molecular flexibility index (Phi) is 6.88. The maximum Gasteiger partial charge on any atom is 0.265 e. The zero-order chi connectivity index (χ0) is 23.5. The van der Waals surface area contributed by atoms with Crippen molar-refractivity contribution in [1.29, 1.82) is 0 Å². The van der Waals surface area contributed by atoms with Gasteiger partial charge in [-0.1, -0.05) is 0 Å². The van der Waals surface area contributed by atoms with Gasteiger partial charge in [0.25, 0.3) is 11.1 Å². The molecule has 1 heterocycles. The highest BCUT2D eigenvalue weighted by molar-refractivity contribution is 7.80. The van der Waals surface area contributed by atoms with E-state index in [9.17, 15) is 4.79 Å². The molecule has 7 heteroatoms. The molecule has 3 aromatic rings. The summed E-state index contributed by atoms with van der Waals surface area (Å²) in [5, 5.41) is 3.38. The monoisotopic (exact) mass is 462 g/mol. The van der Waals surface area contributed by atoms with Crippen molar-refractivity contribution >= 4 is 40.0 Å². The largest absolute Gasteiger partial charge is 0.432 e. The van der Waals surface area contributed by atoms with Crippen LogP contribution in [-0.2, 0) is 12.8 Å². The second kappa shape index (κ2) is 9.83. The lowest BCUT2D eigenvalue weighted by molar-refractivity contribution is 0.102. The van der Waals surface area contributed by atoms with Crippen LogP contribution >= 0.6 is 12.2 Å². The van der Waals surface area contributed by atoms with Gasteiger partial charge < -0.3 is 15.0 Å². The molecular formula is C26H30N4O2S. The third kappa shape index (κ3) is 5.30. The van der Waals surface area contributed by atoms with Gasteiger partial charge in [0.05, 0.1) is 22.4 Å². The number of amides is 1. The van der Waals surface area contributed by atoms with E-state index in [0.717, 1.165) is 41.7 Å². The average molecular weight is 463 g/mol. The van der Waals surface area contributed by atoms with Gasteiger partial charge in [0, 0.05) is 23.3 Å². The molecule has 33 heavy (non-hydrogen) atoms. The van der Waals surface area contributed by atoms with E-state index < -0.39 is 0 Å². The summed E-state index contributed by atoms with van der Waals surface area (Å²) in [5.74, 6) is 0.411. The number of fused-ring (bicyclic) bond motifs is 2. The minimum atomic E-state index is -0.194. The molecule has 0 bridgehead atoms. The Morgan fingerprint density at radius 3 is 2.15 bits per heavy atom. The first-order valence-electron chi connectivity index (χ1n) is 11.5. The van der Waals surface area contributed by atoms with Gasteiger partial charge in [-0.15, -0.1) is 0 Å². The van der Waals surface area contributed by atoms with Crippen molar-refractivity contribution in [2.75, 3.05) is 5.32 Å². The van der Waals surface area contributed by atoms with Crippen LogP contribution in [0.3, 0.4) is 0 Å². The normalized spacial score (nSPS) is 13.2. The van der Waals surface area contributed by atoms with Crippen LogP contribution in [0.1, 0.15) is 62.3 Å². The number of hydrogen-bond acceptors (Lipinski definition) is 5. The van der Waals surface area contributed by atoms with Gasteiger partial charge in [0.15, 0.2) is 0 Å². The summed E-state index contributed by atoms with van der Waals surface area (Å²) in [4.78, 5) is 24.4. The van der Waals surface area contributed by atoms with E-state index in [-0.39, 0.29) is 18.0 Å². The number of thiocarbonyl (C=S) groups is 1. The van der Waals surface area contributed by atoms with E-state index in [0.29, 0.717) is 22.2 Å². The first kappa shape index (κ1) is 23.1. The first-order chi connectivity index (χ1) is 15.8. The maximum atomic E-state index is 12.8. The van der Waals surface area contributed by atoms with Crippen molar-refractivity contribution in [1.82, 2.24) is 14.9 Å². The third-order valence-electron chi connectivity index (χ3n) is 5.80. The highest BCUT2D eigenvalue weighted by Gasteiger charge is 2.19. The molecule has 0 fully saturated rings. The maximum absolute atomic E-state index is 12.8. The van der Waals surface area contributed by atoms with Crippen LogP contribution in [-0.4, -0.2) is 38.0 Å². The van der Waals surface area contributed by atoms with E-state index in [2.05, 4.69) is 33.0 Å². The number of nitrogens with zero attached hydrogens (tertiary/aromatic N) is 3. The lowest BCUT2D eigenvalue weighted by Crippen LogP contribution is -2.43. The Morgan fingerprint density at radius 2 is 1.55 bits per heavy atom. The van der Waals surface area contributed by atoms with Crippen LogP contribution in [0, 0.1) is 0 Å². The van der Waals surface area contributed by atoms with Gasteiger partial charge in [-0.3, -0.25) is 4.79 Å². The Labute approximate surface area is 200 Å². The van der Waals surface area contributed by atoms with Crippen LogP contribution in [0.25, 0.3) is 11.0 Å². The van der Waals surface area contributed by atoms with E-state index in [1.165, 1.54) is 6.42 Å². The number of benzene rings is 2. The number of nitrogens with one attached hydrogen (secondary N) is 1. The molecule has 1 aromatic heterocycles. The summed E-state index contributed by atoms with van der Waals surface area (Å²) in [6.07, 6.45) is 4.29. The second-order valence-electron chi connectivity index (χ2n) is 8.97. The lowest BCUT2D eigenvalue weighted by Gasteiger charge is -2.32. The van der Waals surface area contributed by atoms with Gasteiger partial charge in [-0.2, -0.15) is 0 Å². The Bertz CT molecular complexity index is 1170.